The summed E-state index contributed by atoms with van der Waals surface area (Å²) in [5.74, 6) is 0.443. The third-order valence-corrected chi connectivity index (χ3v) is 2.37. The van der Waals surface area contributed by atoms with Gasteiger partial charge in [-0.1, -0.05) is 6.07 Å². The molecule has 0 spiro atoms. The van der Waals surface area contributed by atoms with Gasteiger partial charge in [0.05, 0.1) is 0 Å². The van der Waals surface area contributed by atoms with Crippen molar-refractivity contribution in [2.24, 2.45) is 5.73 Å². The van der Waals surface area contributed by atoms with E-state index >= 15 is 0 Å². The quantitative estimate of drug-likeness (QED) is 0.617. The Morgan fingerprint density at radius 3 is 3.00 bits per heavy atom. The average molecular weight is 163 g/mol. The fourth-order valence-electron chi connectivity index (χ4n) is 1.66. The third-order valence-electron chi connectivity index (χ3n) is 2.37. The second-order valence-electron chi connectivity index (χ2n) is 3.21. The molecule has 0 bridgehead atoms. The second-order valence-corrected chi connectivity index (χ2v) is 3.21. The van der Waals surface area contributed by atoms with Crippen molar-refractivity contribution in [1.29, 1.82) is 0 Å². The van der Waals surface area contributed by atoms with Gasteiger partial charge in [-0.3, -0.25) is 4.98 Å². The summed E-state index contributed by atoms with van der Waals surface area (Å²) < 4.78 is 0. The molecule has 12 heavy (non-hydrogen) atoms. The van der Waals surface area contributed by atoms with Crippen molar-refractivity contribution >= 4 is 0 Å². The maximum absolute atomic E-state index is 5.92. The second kappa shape index (κ2) is 3.21. The van der Waals surface area contributed by atoms with E-state index in [-0.39, 0.29) is 6.04 Å². The number of nitrogens with one attached hydrogen (secondary N) is 1. The first-order chi connectivity index (χ1) is 5.88. The maximum Gasteiger partial charge on any atom is 0.0303 e. The normalized spacial score (nSPS) is 29.1. The average Bonchev–Trinajstić information content (AvgIpc) is 2.53. The Morgan fingerprint density at radius 2 is 2.42 bits per heavy atom. The minimum Gasteiger partial charge on any atom is -0.326 e. The van der Waals surface area contributed by atoms with Crippen molar-refractivity contribution in [2.75, 3.05) is 13.1 Å². The van der Waals surface area contributed by atoms with E-state index in [1.165, 1.54) is 5.56 Å². The van der Waals surface area contributed by atoms with Crippen LogP contribution in [0.3, 0.4) is 0 Å². The molecule has 1 aliphatic heterocycles. The van der Waals surface area contributed by atoms with E-state index in [1.807, 2.05) is 12.3 Å². The molecule has 2 heterocycles. The molecule has 1 fully saturated rings. The molecule has 0 aromatic carbocycles. The highest BCUT2D eigenvalue weighted by Gasteiger charge is 2.24. The van der Waals surface area contributed by atoms with Gasteiger partial charge in [0.15, 0.2) is 0 Å². The van der Waals surface area contributed by atoms with E-state index in [9.17, 15) is 0 Å². The van der Waals surface area contributed by atoms with E-state index in [2.05, 4.69) is 16.4 Å². The summed E-state index contributed by atoms with van der Waals surface area (Å²) in [6.07, 6.45) is 3.69. The molecule has 1 aliphatic rings. The third kappa shape index (κ3) is 1.33. The molecular formula is C9H13N3. The lowest BCUT2D eigenvalue weighted by atomic mass is 9.97. The van der Waals surface area contributed by atoms with Crippen LogP contribution in [0, 0.1) is 0 Å². The van der Waals surface area contributed by atoms with E-state index in [1.54, 1.807) is 6.20 Å². The van der Waals surface area contributed by atoms with Gasteiger partial charge in [-0.05, 0) is 11.6 Å². The number of hydrogen-bond acceptors (Lipinski definition) is 3. The SMILES string of the molecule is NC1CNCC1c1cccnc1. The number of nitrogens with zero attached hydrogens (tertiary/aromatic N) is 1. The molecule has 0 radical (unpaired) electrons. The summed E-state index contributed by atoms with van der Waals surface area (Å²) in [7, 11) is 0. The van der Waals surface area contributed by atoms with Crippen molar-refractivity contribution in [3.63, 3.8) is 0 Å². The van der Waals surface area contributed by atoms with Crippen LogP contribution in [-0.4, -0.2) is 24.1 Å². The van der Waals surface area contributed by atoms with Crippen molar-refractivity contribution < 1.29 is 0 Å². The summed E-state index contributed by atoms with van der Waals surface area (Å²) in [5, 5.41) is 3.27. The zero-order valence-electron chi connectivity index (χ0n) is 6.90. The van der Waals surface area contributed by atoms with Crippen LogP contribution in [-0.2, 0) is 0 Å². The first kappa shape index (κ1) is 7.71. The summed E-state index contributed by atoms with van der Waals surface area (Å²) in [5.41, 5.74) is 7.17. The van der Waals surface area contributed by atoms with Gasteiger partial charge in [-0.25, -0.2) is 0 Å². The lowest BCUT2D eigenvalue weighted by Gasteiger charge is -2.13. The Labute approximate surface area is 72.0 Å². The van der Waals surface area contributed by atoms with Gasteiger partial charge in [-0.2, -0.15) is 0 Å². The van der Waals surface area contributed by atoms with Crippen LogP contribution in [0.5, 0.6) is 0 Å². The lowest BCUT2D eigenvalue weighted by molar-refractivity contribution is 0.651. The standard InChI is InChI=1S/C9H13N3/c10-9-6-12-5-8(9)7-2-1-3-11-4-7/h1-4,8-9,12H,5-6,10H2. The van der Waals surface area contributed by atoms with Gasteiger partial charge >= 0.3 is 0 Å². The predicted molar refractivity (Wildman–Crippen MR) is 47.8 cm³/mol. The zero-order chi connectivity index (χ0) is 8.39. The van der Waals surface area contributed by atoms with E-state index < -0.39 is 0 Å². The van der Waals surface area contributed by atoms with Gasteiger partial charge in [0.1, 0.15) is 0 Å². The van der Waals surface area contributed by atoms with Gasteiger partial charge in [0.25, 0.3) is 0 Å². The Kier molecular flexibility index (Phi) is 2.06. The molecule has 2 unspecified atom stereocenters. The lowest BCUT2D eigenvalue weighted by Crippen LogP contribution is -2.27. The first-order valence-corrected chi connectivity index (χ1v) is 4.24. The molecule has 0 saturated carbocycles. The van der Waals surface area contributed by atoms with Crippen molar-refractivity contribution in [3.05, 3.63) is 30.1 Å². The molecule has 1 saturated heterocycles. The Bertz CT molecular complexity index is 247. The largest absolute Gasteiger partial charge is 0.326 e. The fourth-order valence-corrected chi connectivity index (χ4v) is 1.66. The number of hydrogen-bond donors (Lipinski definition) is 2. The summed E-state index contributed by atoms with van der Waals surface area (Å²) >= 11 is 0. The molecule has 2 atom stereocenters. The highest BCUT2D eigenvalue weighted by atomic mass is 15.0. The molecule has 64 valence electrons. The van der Waals surface area contributed by atoms with E-state index in [0.29, 0.717) is 5.92 Å². The smallest absolute Gasteiger partial charge is 0.0303 e. The Balaban J connectivity index is 2.19. The predicted octanol–water partition coefficient (Wildman–Crippen LogP) is 0.0957. The molecule has 3 nitrogen and oxygen atoms in total. The van der Waals surface area contributed by atoms with Crippen molar-refractivity contribution in [1.82, 2.24) is 10.3 Å². The minimum atomic E-state index is 0.245. The fraction of sp³-hybridized carbons (Fsp3) is 0.444. The molecule has 0 aliphatic carbocycles. The van der Waals surface area contributed by atoms with Crippen LogP contribution in [0.15, 0.2) is 24.5 Å². The topological polar surface area (TPSA) is 50.9 Å². The van der Waals surface area contributed by atoms with E-state index in [4.69, 9.17) is 5.73 Å². The summed E-state index contributed by atoms with van der Waals surface area (Å²) in [6.45, 7) is 1.90. The van der Waals surface area contributed by atoms with Gasteiger partial charge in [0, 0.05) is 37.4 Å². The van der Waals surface area contributed by atoms with Crippen LogP contribution in [0.1, 0.15) is 11.5 Å². The van der Waals surface area contributed by atoms with Crippen LogP contribution >= 0.6 is 0 Å². The number of aromatic nitrogens is 1. The van der Waals surface area contributed by atoms with Crippen LogP contribution in [0.25, 0.3) is 0 Å². The van der Waals surface area contributed by atoms with Crippen molar-refractivity contribution in [2.45, 2.75) is 12.0 Å². The maximum atomic E-state index is 5.92. The highest BCUT2D eigenvalue weighted by Crippen LogP contribution is 2.19. The molecule has 3 N–H and O–H groups in total. The van der Waals surface area contributed by atoms with Crippen LogP contribution < -0.4 is 11.1 Å². The molecule has 1 aromatic heterocycles. The van der Waals surface area contributed by atoms with Gasteiger partial charge < -0.3 is 11.1 Å². The van der Waals surface area contributed by atoms with Gasteiger partial charge in [0.2, 0.25) is 0 Å². The number of pyridine rings is 1. The Hall–Kier alpha value is -0.930. The molecule has 1 aromatic rings. The summed E-state index contributed by atoms with van der Waals surface area (Å²) in [6, 6.07) is 4.29. The summed E-state index contributed by atoms with van der Waals surface area (Å²) in [4.78, 5) is 4.08. The molecule has 2 rings (SSSR count). The molecule has 0 amide bonds. The number of nitrogens with two attached hydrogens (primary N) is 1. The van der Waals surface area contributed by atoms with Gasteiger partial charge in [-0.15, -0.1) is 0 Å². The van der Waals surface area contributed by atoms with Crippen LogP contribution in [0.2, 0.25) is 0 Å². The molecule has 3 heteroatoms. The highest BCUT2D eigenvalue weighted by molar-refractivity contribution is 5.19. The Morgan fingerprint density at radius 1 is 1.50 bits per heavy atom. The van der Waals surface area contributed by atoms with Crippen LogP contribution in [0.4, 0.5) is 0 Å². The van der Waals surface area contributed by atoms with E-state index in [0.717, 1.165) is 13.1 Å². The molecular weight excluding hydrogens is 150 g/mol. The minimum absolute atomic E-state index is 0.245. The number of rotatable bonds is 1. The monoisotopic (exact) mass is 163 g/mol. The van der Waals surface area contributed by atoms with Crippen molar-refractivity contribution in [3.8, 4) is 0 Å². The first-order valence-electron chi connectivity index (χ1n) is 4.24. The zero-order valence-corrected chi connectivity index (χ0v) is 6.90.